The Labute approximate surface area is 190 Å². The van der Waals surface area contributed by atoms with Crippen LogP contribution in [0, 0.1) is 0 Å². The second kappa shape index (κ2) is 8.20. The van der Waals surface area contributed by atoms with E-state index in [9.17, 15) is 9.59 Å². The number of carbonyl (C=O) groups is 2. The lowest BCUT2D eigenvalue weighted by Gasteiger charge is -2.26. The Morgan fingerprint density at radius 1 is 0.969 bits per heavy atom. The van der Waals surface area contributed by atoms with Gasteiger partial charge in [0.2, 0.25) is 5.78 Å². The van der Waals surface area contributed by atoms with E-state index in [1.54, 1.807) is 37.1 Å². The number of methoxy groups -OCH3 is 1. The van der Waals surface area contributed by atoms with Crippen molar-refractivity contribution in [2.75, 3.05) is 13.4 Å². The zero-order chi connectivity index (χ0) is 22.2. The quantitative estimate of drug-likeness (QED) is 0.230. The summed E-state index contributed by atoms with van der Waals surface area (Å²) in [6.07, 6.45) is 3.92. The number of Topliss-reactive ketones (excluding diaryl/α,β-unsaturated/α-hetero) is 1. The Morgan fingerprint density at radius 3 is 2.41 bits per heavy atom. The molecule has 0 saturated heterocycles. The third kappa shape index (κ3) is 3.56. The van der Waals surface area contributed by atoms with Gasteiger partial charge in [0.1, 0.15) is 17.2 Å². The standard InChI is InChI=1S/C26H20O5S/c1-29-17-7-3-15(4-8-17)13-22-25(28)19-11-12-21-24(26(19)31-22)20(14-23(27)30-21)16-5-9-18(32-2)10-6-16/h3-13,20H,14H2,1-2H3/b22-13-/t20-/m1/s1. The zero-order valence-corrected chi connectivity index (χ0v) is 18.4. The molecular formula is C26H20O5S. The van der Waals surface area contributed by atoms with Crippen LogP contribution in [0.2, 0.25) is 0 Å². The van der Waals surface area contributed by atoms with Crippen molar-refractivity contribution >= 4 is 29.6 Å². The largest absolute Gasteiger partial charge is 0.497 e. The molecule has 0 amide bonds. The molecule has 2 heterocycles. The predicted octanol–water partition coefficient (Wildman–Crippen LogP) is 5.47. The molecule has 0 N–H and O–H groups in total. The Bertz CT molecular complexity index is 1240. The van der Waals surface area contributed by atoms with Crippen molar-refractivity contribution in [3.63, 3.8) is 0 Å². The topological polar surface area (TPSA) is 61.8 Å². The Hall–Kier alpha value is -3.51. The fraction of sp³-hybridized carbons (Fsp3) is 0.154. The van der Waals surface area contributed by atoms with Crippen molar-refractivity contribution in [2.24, 2.45) is 0 Å². The van der Waals surface area contributed by atoms with Crippen LogP contribution in [0.15, 0.2) is 71.3 Å². The van der Waals surface area contributed by atoms with Gasteiger partial charge in [-0.1, -0.05) is 24.3 Å². The lowest BCUT2D eigenvalue weighted by Crippen LogP contribution is -2.21. The van der Waals surface area contributed by atoms with Crippen LogP contribution in [0.3, 0.4) is 0 Å². The Balaban J connectivity index is 1.56. The van der Waals surface area contributed by atoms with Crippen LogP contribution in [0.5, 0.6) is 17.2 Å². The molecule has 3 aromatic carbocycles. The number of hydrogen-bond acceptors (Lipinski definition) is 6. The number of fused-ring (bicyclic) bond motifs is 3. The van der Waals surface area contributed by atoms with E-state index in [1.807, 2.05) is 54.8 Å². The normalized spacial score (nSPS) is 18.1. The number of benzene rings is 3. The summed E-state index contributed by atoms with van der Waals surface area (Å²) < 4.78 is 16.8. The number of carbonyl (C=O) groups excluding carboxylic acids is 2. The average molecular weight is 445 g/mol. The lowest BCUT2D eigenvalue weighted by atomic mass is 9.85. The van der Waals surface area contributed by atoms with Gasteiger partial charge in [-0.15, -0.1) is 11.8 Å². The van der Waals surface area contributed by atoms with E-state index in [1.165, 1.54) is 0 Å². The van der Waals surface area contributed by atoms with Gasteiger partial charge < -0.3 is 14.2 Å². The van der Waals surface area contributed by atoms with E-state index >= 15 is 0 Å². The maximum absolute atomic E-state index is 13.1. The molecule has 160 valence electrons. The SMILES string of the molecule is COc1ccc(/C=C2\Oc3c(ccc4c3[C@@H](c3ccc(SC)cc3)CC(=O)O4)C2=O)cc1. The minimum absolute atomic E-state index is 0.188. The number of esters is 1. The fourth-order valence-corrected chi connectivity index (χ4v) is 4.49. The smallest absolute Gasteiger partial charge is 0.312 e. The van der Waals surface area contributed by atoms with Gasteiger partial charge in [0, 0.05) is 16.4 Å². The summed E-state index contributed by atoms with van der Waals surface area (Å²) in [6.45, 7) is 0. The minimum Gasteiger partial charge on any atom is -0.497 e. The molecule has 0 aromatic heterocycles. The van der Waals surface area contributed by atoms with E-state index in [4.69, 9.17) is 14.2 Å². The third-order valence-electron chi connectivity index (χ3n) is 5.71. The summed E-state index contributed by atoms with van der Waals surface area (Å²) in [5, 5.41) is 0. The van der Waals surface area contributed by atoms with Gasteiger partial charge in [-0.25, -0.2) is 0 Å². The van der Waals surface area contributed by atoms with Crippen molar-refractivity contribution in [3.05, 3.63) is 88.7 Å². The number of rotatable bonds is 4. The molecule has 5 rings (SSSR count). The summed E-state index contributed by atoms with van der Waals surface area (Å²) in [5.74, 6) is 1.16. The highest BCUT2D eigenvalue weighted by Crippen LogP contribution is 2.49. The van der Waals surface area contributed by atoms with E-state index in [0.29, 0.717) is 17.1 Å². The number of ketones is 1. The molecular weight excluding hydrogens is 424 g/mol. The van der Waals surface area contributed by atoms with Crippen LogP contribution in [0.4, 0.5) is 0 Å². The van der Waals surface area contributed by atoms with Gasteiger partial charge >= 0.3 is 5.97 Å². The van der Waals surface area contributed by atoms with Crippen molar-refractivity contribution in [2.45, 2.75) is 17.2 Å². The molecule has 0 aliphatic carbocycles. The molecule has 0 radical (unpaired) electrons. The molecule has 2 aliphatic heterocycles. The summed E-state index contributed by atoms with van der Waals surface area (Å²) in [5.41, 5.74) is 3.03. The first-order chi connectivity index (χ1) is 15.6. The molecule has 2 aliphatic rings. The maximum Gasteiger partial charge on any atom is 0.312 e. The molecule has 5 nitrogen and oxygen atoms in total. The first-order valence-electron chi connectivity index (χ1n) is 10.2. The first-order valence-corrected chi connectivity index (χ1v) is 11.4. The number of thioether (sulfide) groups is 1. The van der Waals surface area contributed by atoms with Crippen LogP contribution in [-0.2, 0) is 4.79 Å². The van der Waals surface area contributed by atoms with Gasteiger partial charge in [-0.3, -0.25) is 9.59 Å². The second-order valence-corrected chi connectivity index (χ2v) is 8.45. The fourth-order valence-electron chi connectivity index (χ4n) is 4.08. The Kier molecular flexibility index (Phi) is 5.23. The highest BCUT2D eigenvalue weighted by molar-refractivity contribution is 7.98. The number of hydrogen-bond donors (Lipinski definition) is 0. The molecule has 0 unspecified atom stereocenters. The minimum atomic E-state index is -0.297. The van der Waals surface area contributed by atoms with Crippen LogP contribution >= 0.6 is 11.8 Å². The molecule has 0 bridgehead atoms. The predicted molar refractivity (Wildman–Crippen MR) is 123 cm³/mol. The highest BCUT2D eigenvalue weighted by atomic mass is 32.2. The first kappa shape index (κ1) is 20.4. The summed E-state index contributed by atoms with van der Waals surface area (Å²) in [6, 6.07) is 18.8. The second-order valence-electron chi connectivity index (χ2n) is 7.57. The summed E-state index contributed by atoms with van der Waals surface area (Å²) in [7, 11) is 1.61. The maximum atomic E-state index is 13.1. The summed E-state index contributed by atoms with van der Waals surface area (Å²) >= 11 is 1.66. The van der Waals surface area contributed by atoms with Crippen LogP contribution in [0.25, 0.3) is 6.08 Å². The summed E-state index contributed by atoms with van der Waals surface area (Å²) in [4.78, 5) is 26.5. The van der Waals surface area contributed by atoms with Gasteiger partial charge in [0.05, 0.1) is 19.1 Å². The van der Waals surface area contributed by atoms with Crippen LogP contribution < -0.4 is 14.2 Å². The lowest BCUT2D eigenvalue weighted by molar-refractivity contribution is -0.135. The van der Waals surface area contributed by atoms with Crippen molar-refractivity contribution in [3.8, 4) is 17.2 Å². The third-order valence-corrected chi connectivity index (χ3v) is 6.45. The van der Waals surface area contributed by atoms with Crippen molar-refractivity contribution in [1.82, 2.24) is 0 Å². The monoisotopic (exact) mass is 444 g/mol. The molecule has 3 aromatic rings. The van der Waals surface area contributed by atoms with E-state index < -0.39 is 0 Å². The zero-order valence-electron chi connectivity index (χ0n) is 17.6. The average Bonchev–Trinajstić information content (AvgIpc) is 3.14. The van der Waals surface area contributed by atoms with E-state index in [2.05, 4.69) is 0 Å². The van der Waals surface area contributed by atoms with Gasteiger partial charge in [-0.05, 0) is 59.9 Å². The Morgan fingerprint density at radius 2 is 1.72 bits per heavy atom. The molecule has 32 heavy (non-hydrogen) atoms. The van der Waals surface area contributed by atoms with Gasteiger partial charge in [-0.2, -0.15) is 0 Å². The molecule has 6 heteroatoms. The molecule has 0 saturated carbocycles. The van der Waals surface area contributed by atoms with Crippen molar-refractivity contribution < 1.29 is 23.8 Å². The molecule has 0 fully saturated rings. The number of allylic oxidation sites excluding steroid dienone is 1. The van der Waals surface area contributed by atoms with E-state index in [-0.39, 0.29) is 29.9 Å². The van der Waals surface area contributed by atoms with Crippen molar-refractivity contribution in [1.29, 1.82) is 0 Å². The number of ether oxygens (including phenoxy) is 3. The van der Waals surface area contributed by atoms with Gasteiger partial charge in [0.25, 0.3) is 0 Å². The molecule has 0 spiro atoms. The van der Waals surface area contributed by atoms with Crippen LogP contribution in [0.1, 0.15) is 39.4 Å². The highest BCUT2D eigenvalue weighted by Gasteiger charge is 2.38. The van der Waals surface area contributed by atoms with Crippen LogP contribution in [-0.4, -0.2) is 25.1 Å². The van der Waals surface area contributed by atoms with E-state index in [0.717, 1.165) is 27.3 Å². The molecule has 1 atom stereocenters. The van der Waals surface area contributed by atoms with Gasteiger partial charge in [0.15, 0.2) is 5.76 Å².